The first-order chi connectivity index (χ1) is 9.38. The molecular formula is C14H9FO5. The quantitative estimate of drug-likeness (QED) is 0.800. The van der Waals surface area contributed by atoms with Crippen molar-refractivity contribution in [3.63, 3.8) is 0 Å². The number of halogens is 1. The summed E-state index contributed by atoms with van der Waals surface area (Å²) >= 11 is 0. The Morgan fingerprint density at radius 3 is 2.15 bits per heavy atom. The van der Waals surface area contributed by atoms with Crippen LogP contribution in [-0.2, 0) is 0 Å². The number of phenolic OH excluding ortho intramolecular Hbond substituents is 1. The summed E-state index contributed by atoms with van der Waals surface area (Å²) in [6.45, 7) is 0. The van der Waals surface area contributed by atoms with Crippen LogP contribution in [0.3, 0.4) is 0 Å². The molecule has 5 nitrogen and oxygen atoms in total. The van der Waals surface area contributed by atoms with E-state index in [4.69, 9.17) is 10.2 Å². The smallest absolute Gasteiger partial charge is 0.338 e. The number of benzene rings is 2. The van der Waals surface area contributed by atoms with Crippen molar-refractivity contribution >= 4 is 11.9 Å². The monoisotopic (exact) mass is 276 g/mol. The highest BCUT2D eigenvalue weighted by Gasteiger charge is 2.13. The normalized spacial score (nSPS) is 10.2. The van der Waals surface area contributed by atoms with Gasteiger partial charge in [0.2, 0.25) is 0 Å². The fraction of sp³-hybridized carbons (Fsp3) is 0. The van der Waals surface area contributed by atoms with Crippen LogP contribution in [0.2, 0.25) is 0 Å². The number of hydrogen-bond acceptors (Lipinski definition) is 3. The number of carboxylic acid groups (broad SMARTS) is 2. The first-order valence-electron chi connectivity index (χ1n) is 5.49. The molecule has 0 aromatic heterocycles. The van der Waals surface area contributed by atoms with E-state index in [0.29, 0.717) is 0 Å². The largest absolute Gasteiger partial charge is 0.508 e. The molecule has 2 aromatic rings. The number of aromatic carboxylic acids is 2. The van der Waals surface area contributed by atoms with Gasteiger partial charge in [0.25, 0.3) is 0 Å². The lowest BCUT2D eigenvalue weighted by Crippen LogP contribution is -2.00. The van der Waals surface area contributed by atoms with E-state index in [1.807, 2.05) is 0 Å². The van der Waals surface area contributed by atoms with Crippen molar-refractivity contribution in [2.75, 3.05) is 0 Å². The average Bonchev–Trinajstić information content (AvgIpc) is 2.37. The van der Waals surface area contributed by atoms with Crippen molar-refractivity contribution < 1.29 is 29.3 Å². The number of hydrogen-bond donors (Lipinski definition) is 3. The SMILES string of the molecule is O=C(O)c1cc(O)cc(-c2ccc(C(=O)O)c(F)c2)c1. The van der Waals surface area contributed by atoms with E-state index in [1.54, 1.807) is 0 Å². The van der Waals surface area contributed by atoms with Crippen molar-refractivity contribution in [3.05, 3.63) is 53.3 Å². The Kier molecular flexibility index (Phi) is 3.39. The van der Waals surface area contributed by atoms with Crippen LogP contribution in [-0.4, -0.2) is 27.3 Å². The van der Waals surface area contributed by atoms with Crippen molar-refractivity contribution in [2.24, 2.45) is 0 Å². The minimum absolute atomic E-state index is 0.150. The molecule has 3 N–H and O–H groups in total. The number of carboxylic acids is 2. The molecule has 0 radical (unpaired) electrons. The molecule has 2 rings (SSSR count). The Bertz CT molecular complexity index is 709. The minimum atomic E-state index is -1.39. The molecule has 2 aromatic carbocycles. The van der Waals surface area contributed by atoms with E-state index in [1.165, 1.54) is 18.2 Å². The fourth-order valence-corrected chi connectivity index (χ4v) is 1.77. The van der Waals surface area contributed by atoms with Crippen LogP contribution in [0.25, 0.3) is 11.1 Å². The summed E-state index contributed by atoms with van der Waals surface area (Å²) in [5.74, 6) is -3.83. The standard InChI is InChI=1S/C14H9FO5/c15-12-6-7(1-2-11(12)14(19)20)8-3-9(13(17)18)5-10(16)4-8/h1-6,16H,(H,17,18)(H,19,20). The molecule has 0 atom stereocenters. The van der Waals surface area contributed by atoms with Crippen molar-refractivity contribution in [1.29, 1.82) is 0 Å². The molecule has 0 saturated heterocycles. The summed E-state index contributed by atoms with van der Waals surface area (Å²) in [6.07, 6.45) is 0. The van der Waals surface area contributed by atoms with Crippen LogP contribution < -0.4 is 0 Å². The lowest BCUT2D eigenvalue weighted by molar-refractivity contribution is 0.0683. The third-order valence-corrected chi connectivity index (χ3v) is 2.70. The number of rotatable bonds is 3. The second-order valence-corrected chi connectivity index (χ2v) is 4.07. The fourth-order valence-electron chi connectivity index (χ4n) is 1.77. The van der Waals surface area contributed by atoms with Gasteiger partial charge in [-0.1, -0.05) is 6.07 Å². The molecule has 102 valence electrons. The highest BCUT2D eigenvalue weighted by Crippen LogP contribution is 2.27. The second-order valence-electron chi connectivity index (χ2n) is 4.07. The van der Waals surface area contributed by atoms with E-state index < -0.39 is 23.3 Å². The molecule has 0 aliphatic heterocycles. The highest BCUT2D eigenvalue weighted by atomic mass is 19.1. The van der Waals surface area contributed by atoms with Gasteiger partial charge in [0.1, 0.15) is 11.6 Å². The van der Waals surface area contributed by atoms with Gasteiger partial charge in [-0.2, -0.15) is 0 Å². The maximum atomic E-state index is 13.6. The summed E-state index contributed by atoms with van der Waals surface area (Å²) in [6, 6.07) is 6.99. The Morgan fingerprint density at radius 2 is 1.60 bits per heavy atom. The third kappa shape index (κ3) is 2.59. The van der Waals surface area contributed by atoms with Gasteiger partial charge in [-0.15, -0.1) is 0 Å². The zero-order valence-corrected chi connectivity index (χ0v) is 10.0. The van der Waals surface area contributed by atoms with Crippen molar-refractivity contribution in [1.82, 2.24) is 0 Å². The number of carbonyl (C=O) groups is 2. The van der Waals surface area contributed by atoms with Gasteiger partial charge in [-0.25, -0.2) is 14.0 Å². The Balaban J connectivity index is 2.54. The summed E-state index contributed by atoms with van der Waals surface area (Å²) in [5.41, 5.74) is -0.0841. The van der Waals surface area contributed by atoms with Crippen molar-refractivity contribution in [3.8, 4) is 16.9 Å². The topological polar surface area (TPSA) is 94.8 Å². The summed E-state index contributed by atoms with van der Waals surface area (Å²) in [5, 5.41) is 27.1. The van der Waals surface area contributed by atoms with Crippen LogP contribution in [0.4, 0.5) is 4.39 Å². The van der Waals surface area contributed by atoms with Gasteiger partial charge >= 0.3 is 11.9 Å². The molecule has 0 spiro atoms. The predicted molar refractivity (Wildman–Crippen MR) is 67.4 cm³/mol. The van der Waals surface area contributed by atoms with Crippen LogP contribution in [0.15, 0.2) is 36.4 Å². The first-order valence-corrected chi connectivity index (χ1v) is 5.49. The summed E-state index contributed by atoms with van der Waals surface area (Å²) in [4.78, 5) is 21.6. The van der Waals surface area contributed by atoms with E-state index in [2.05, 4.69) is 0 Å². The molecule has 6 heteroatoms. The van der Waals surface area contributed by atoms with Crippen molar-refractivity contribution in [2.45, 2.75) is 0 Å². The zero-order valence-electron chi connectivity index (χ0n) is 10.0. The zero-order chi connectivity index (χ0) is 14.9. The van der Waals surface area contributed by atoms with Crippen LogP contribution >= 0.6 is 0 Å². The number of phenols is 1. The molecule has 0 aliphatic carbocycles. The van der Waals surface area contributed by atoms with E-state index in [-0.39, 0.29) is 22.4 Å². The molecule has 0 amide bonds. The Morgan fingerprint density at radius 1 is 0.900 bits per heavy atom. The second kappa shape index (κ2) is 5.00. The predicted octanol–water partition coefficient (Wildman–Crippen LogP) is 2.59. The van der Waals surface area contributed by atoms with E-state index in [0.717, 1.165) is 18.2 Å². The third-order valence-electron chi connectivity index (χ3n) is 2.70. The first kappa shape index (κ1) is 13.5. The molecule has 0 unspecified atom stereocenters. The summed E-state index contributed by atoms with van der Waals surface area (Å²) in [7, 11) is 0. The molecule has 0 aliphatic rings. The lowest BCUT2D eigenvalue weighted by Gasteiger charge is -2.06. The Hall–Kier alpha value is -2.89. The van der Waals surface area contributed by atoms with Gasteiger partial charge in [-0.3, -0.25) is 0 Å². The Labute approximate surface area is 112 Å². The minimum Gasteiger partial charge on any atom is -0.508 e. The van der Waals surface area contributed by atoms with Crippen LogP contribution in [0.1, 0.15) is 20.7 Å². The van der Waals surface area contributed by atoms with Gasteiger partial charge in [0.05, 0.1) is 11.1 Å². The maximum Gasteiger partial charge on any atom is 0.338 e. The molecular weight excluding hydrogens is 267 g/mol. The van der Waals surface area contributed by atoms with E-state index >= 15 is 0 Å². The summed E-state index contributed by atoms with van der Waals surface area (Å²) < 4.78 is 13.6. The van der Waals surface area contributed by atoms with Gasteiger partial charge in [0.15, 0.2) is 0 Å². The average molecular weight is 276 g/mol. The number of aromatic hydroxyl groups is 1. The van der Waals surface area contributed by atoms with Gasteiger partial charge in [-0.05, 0) is 41.5 Å². The van der Waals surface area contributed by atoms with Gasteiger partial charge in [0, 0.05) is 0 Å². The van der Waals surface area contributed by atoms with E-state index in [9.17, 15) is 19.1 Å². The molecule has 0 heterocycles. The van der Waals surface area contributed by atoms with Gasteiger partial charge < -0.3 is 15.3 Å². The highest BCUT2D eigenvalue weighted by molar-refractivity contribution is 5.91. The molecule has 0 bridgehead atoms. The molecule has 20 heavy (non-hydrogen) atoms. The van der Waals surface area contributed by atoms with Crippen LogP contribution in [0, 0.1) is 5.82 Å². The molecule has 0 saturated carbocycles. The molecule has 0 fully saturated rings. The lowest BCUT2D eigenvalue weighted by atomic mass is 10.0. The van der Waals surface area contributed by atoms with Crippen LogP contribution in [0.5, 0.6) is 5.75 Å². The maximum absolute atomic E-state index is 13.6.